The molecular formula is C19H19F3N2O3. The molecule has 0 aliphatic rings. The van der Waals surface area contributed by atoms with E-state index in [1.807, 2.05) is 0 Å². The molecule has 0 unspecified atom stereocenters. The highest BCUT2D eigenvalue weighted by atomic mass is 19.4. The van der Waals surface area contributed by atoms with Crippen molar-refractivity contribution in [3.05, 3.63) is 65.2 Å². The van der Waals surface area contributed by atoms with E-state index < -0.39 is 17.7 Å². The third-order valence-electron chi connectivity index (χ3n) is 3.71. The quantitative estimate of drug-likeness (QED) is 0.779. The highest BCUT2D eigenvalue weighted by molar-refractivity contribution is 5.95. The van der Waals surface area contributed by atoms with E-state index in [9.17, 15) is 22.8 Å². The van der Waals surface area contributed by atoms with E-state index in [4.69, 9.17) is 0 Å². The van der Waals surface area contributed by atoms with Crippen LogP contribution in [0.15, 0.2) is 48.5 Å². The molecule has 0 heterocycles. The second kappa shape index (κ2) is 8.68. The first kappa shape index (κ1) is 20.4. The number of nitrogens with zero attached hydrogens (tertiary/aromatic N) is 1. The number of likely N-dealkylation sites (N-methyl/N-ethyl adjacent to an activating group) is 1. The third-order valence-corrected chi connectivity index (χ3v) is 3.71. The van der Waals surface area contributed by atoms with Gasteiger partial charge in [0.2, 0.25) is 5.91 Å². The Kier molecular flexibility index (Phi) is 6.57. The molecule has 2 aromatic carbocycles. The molecule has 144 valence electrons. The maximum atomic E-state index is 12.6. The molecule has 2 aromatic rings. The minimum Gasteiger partial charge on any atom is -0.465 e. The number of nitrogens with one attached hydrogen (secondary N) is 1. The van der Waals surface area contributed by atoms with Crippen molar-refractivity contribution < 1.29 is 27.5 Å². The van der Waals surface area contributed by atoms with Gasteiger partial charge in [-0.25, -0.2) is 4.79 Å². The molecule has 0 atom stereocenters. The summed E-state index contributed by atoms with van der Waals surface area (Å²) in [6.07, 6.45) is -4.37. The number of benzene rings is 2. The molecule has 0 saturated heterocycles. The molecule has 0 aromatic heterocycles. The van der Waals surface area contributed by atoms with Gasteiger partial charge in [0.05, 0.1) is 24.8 Å². The lowest BCUT2D eigenvalue weighted by Gasteiger charge is -2.17. The smallest absolute Gasteiger partial charge is 0.416 e. The Morgan fingerprint density at radius 2 is 1.78 bits per heavy atom. The van der Waals surface area contributed by atoms with E-state index in [2.05, 4.69) is 10.1 Å². The van der Waals surface area contributed by atoms with Crippen molar-refractivity contribution in [2.45, 2.75) is 12.7 Å². The monoisotopic (exact) mass is 380 g/mol. The number of halogens is 3. The van der Waals surface area contributed by atoms with Gasteiger partial charge in [-0.15, -0.1) is 0 Å². The highest BCUT2D eigenvalue weighted by Gasteiger charge is 2.29. The van der Waals surface area contributed by atoms with E-state index in [1.165, 1.54) is 25.3 Å². The van der Waals surface area contributed by atoms with E-state index in [-0.39, 0.29) is 12.5 Å². The van der Waals surface area contributed by atoms with E-state index >= 15 is 0 Å². The Morgan fingerprint density at radius 3 is 2.37 bits per heavy atom. The number of ether oxygens (including phenoxy) is 1. The maximum absolute atomic E-state index is 12.6. The molecule has 0 spiro atoms. The zero-order chi connectivity index (χ0) is 20.0. The fraction of sp³-hybridized carbons (Fsp3) is 0.263. The molecule has 0 radical (unpaired) electrons. The Bertz CT molecular complexity index is 805. The maximum Gasteiger partial charge on any atom is 0.416 e. The van der Waals surface area contributed by atoms with Gasteiger partial charge in [0.15, 0.2) is 0 Å². The summed E-state index contributed by atoms with van der Waals surface area (Å²) >= 11 is 0. The number of carbonyl (C=O) groups is 2. The molecule has 1 amide bonds. The minimum absolute atomic E-state index is 0.0312. The van der Waals surface area contributed by atoms with Crippen LogP contribution in [-0.4, -0.2) is 37.5 Å². The topological polar surface area (TPSA) is 58.6 Å². The van der Waals surface area contributed by atoms with Crippen LogP contribution in [0.25, 0.3) is 0 Å². The average molecular weight is 380 g/mol. The minimum atomic E-state index is -4.37. The third kappa shape index (κ3) is 6.10. The molecule has 0 saturated carbocycles. The number of methoxy groups -OCH3 is 1. The molecule has 27 heavy (non-hydrogen) atoms. The number of carbonyl (C=O) groups excluding carboxylic acids is 2. The number of hydrogen-bond donors (Lipinski definition) is 1. The Labute approximate surface area is 154 Å². The summed E-state index contributed by atoms with van der Waals surface area (Å²) < 4.78 is 42.3. The Morgan fingerprint density at radius 1 is 1.11 bits per heavy atom. The predicted octanol–water partition coefficient (Wildman–Crippen LogP) is 3.56. The van der Waals surface area contributed by atoms with Gasteiger partial charge in [-0.1, -0.05) is 18.2 Å². The van der Waals surface area contributed by atoms with E-state index in [1.54, 1.807) is 30.1 Å². The molecule has 5 nitrogen and oxygen atoms in total. The van der Waals surface area contributed by atoms with Crippen molar-refractivity contribution >= 4 is 17.6 Å². The molecule has 0 fully saturated rings. The summed E-state index contributed by atoms with van der Waals surface area (Å²) in [6, 6.07) is 11.1. The number of rotatable bonds is 6. The normalized spacial score (nSPS) is 11.3. The summed E-state index contributed by atoms with van der Waals surface area (Å²) in [5.74, 6) is -0.822. The van der Waals surface area contributed by atoms with Crippen molar-refractivity contribution in [1.29, 1.82) is 0 Å². The van der Waals surface area contributed by atoms with Gasteiger partial charge in [-0.2, -0.15) is 13.2 Å². The standard InChI is InChI=1S/C19H19F3N2O3/c1-24(11-13-6-8-15(9-7-13)19(20,21)22)12-17(25)23-16-5-3-4-14(10-16)18(26)27-2/h3-10H,11-12H2,1-2H3,(H,23,25). The molecular weight excluding hydrogens is 361 g/mol. The van der Waals surface area contributed by atoms with Crippen molar-refractivity contribution in [2.24, 2.45) is 0 Å². The van der Waals surface area contributed by atoms with Crippen LogP contribution >= 0.6 is 0 Å². The van der Waals surface area contributed by atoms with Gasteiger partial charge < -0.3 is 10.1 Å². The van der Waals surface area contributed by atoms with Crippen molar-refractivity contribution in [3.63, 3.8) is 0 Å². The van der Waals surface area contributed by atoms with Gasteiger partial charge in [0.25, 0.3) is 0 Å². The summed E-state index contributed by atoms with van der Waals surface area (Å²) in [6.45, 7) is 0.344. The number of hydrogen-bond acceptors (Lipinski definition) is 4. The van der Waals surface area contributed by atoms with Gasteiger partial charge in [0, 0.05) is 12.2 Å². The predicted molar refractivity (Wildman–Crippen MR) is 94.2 cm³/mol. The fourth-order valence-corrected chi connectivity index (χ4v) is 2.45. The highest BCUT2D eigenvalue weighted by Crippen LogP contribution is 2.29. The Balaban J connectivity index is 1.91. The Hall–Kier alpha value is -2.87. The second-order valence-electron chi connectivity index (χ2n) is 5.99. The fourth-order valence-electron chi connectivity index (χ4n) is 2.45. The first-order valence-electron chi connectivity index (χ1n) is 8.02. The number of esters is 1. The first-order chi connectivity index (χ1) is 12.7. The lowest BCUT2D eigenvalue weighted by molar-refractivity contribution is -0.137. The largest absolute Gasteiger partial charge is 0.465 e. The molecule has 8 heteroatoms. The van der Waals surface area contributed by atoms with Crippen molar-refractivity contribution in [1.82, 2.24) is 4.90 Å². The van der Waals surface area contributed by atoms with Gasteiger partial charge in [-0.05, 0) is 42.9 Å². The summed E-state index contributed by atoms with van der Waals surface area (Å²) in [7, 11) is 2.95. The molecule has 1 N–H and O–H groups in total. The second-order valence-corrected chi connectivity index (χ2v) is 5.99. The van der Waals surface area contributed by atoms with Crippen LogP contribution in [-0.2, 0) is 22.3 Å². The number of alkyl halides is 3. The summed E-state index contributed by atoms with van der Waals surface area (Å²) in [5, 5.41) is 2.67. The van der Waals surface area contributed by atoms with Crippen LogP contribution in [0.3, 0.4) is 0 Å². The SMILES string of the molecule is COC(=O)c1cccc(NC(=O)CN(C)Cc2ccc(C(F)(F)F)cc2)c1. The number of anilines is 1. The average Bonchev–Trinajstić information content (AvgIpc) is 2.60. The van der Waals surface area contributed by atoms with E-state index in [0.717, 1.165) is 12.1 Å². The zero-order valence-electron chi connectivity index (χ0n) is 14.8. The van der Waals surface area contributed by atoms with Gasteiger partial charge in [0.1, 0.15) is 0 Å². The molecule has 2 rings (SSSR count). The number of amides is 1. The summed E-state index contributed by atoms with van der Waals surface area (Å²) in [4.78, 5) is 25.3. The van der Waals surface area contributed by atoms with Crippen LogP contribution in [0, 0.1) is 0 Å². The van der Waals surface area contributed by atoms with Crippen LogP contribution in [0.4, 0.5) is 18.9 Å². The first-order valence-corrected chi connectivity index (χ1v) is 8.02. The van der Waals surface area contributed by atoms with Crippen LogP contribution in [0.5, 0.6) is 0 Å². The lowest BCUT2D eigenvalue weighted by Crippen LogP contribution is -2.29. The zero-order valence-corrected chi connectivity index (χ0v) is 14.8. The van der Waals surface area contributed by atoms with Gasteiger partial charge >= 0.3 is 12.1 Å². The summed E-state index contributed by atoms with van der Waals surface area (Å²) in [5.41, 5.74) is 0.711. The lowest BCUT2D eigenvalue weighted by atomic mass is 10.1. The molecule has 0 bridgehead atoms. The van der Waals surface area contributed by atoms with Crippen LogP contribution in [0.2, 0.25) is 0 Å². The van der Waals surface area contributed by atoms with Crippen LogP contribution in [0.1, 0.15) is 21.5 Å². The molecule has 0 aliphatic carbocycles. The van der Waals surface area contributed by atoms with Gasteiger partial charge in [-0.3, -0.25) is 9.69 Å². The van der Waals surface area contributed by atoms with Crippen molar-refractivity contribution in [3.8, 4) is 0 Å². The molecule has 0 aliphatic heterocycles. The van der Waals surface area contributed by atoms with Crippen LogP contribution < -0.4 is 5.32 Å². The van der Waals surface area contributed by atoms with E-state index in [0.29, 0.717) is 23.4 Å². The van der Waals surface area contributed by atoms with Crippen molar-refractivity contribution in [2.75, 3.05) is 26.0 Å².